The van der Waals surface area contributed by atoms with Crippen LogP contribution in [0.2, 0.25) is 0 Å². The van der Waals surface area contributed by atoms with Crippen LogP contribution in [0.1, 0.15) is 35.8 Å². The first-order chi connectivity index (χ1) is 10.5. The molecule has 0 unspecified atom stereocenters. The summed E-state index contributed by atoms with van der Waals surface area (Å²) in [6, 6.07) is 13.0. The Morgan fingerprint density at radius 2 is 1.64 bits per heavy atom. The Morgan fingerprint density at radius 1 is 1.05 bits per heavy atom. The Morgan fingerprint density at radius 3 is 2.14 bits per heavy atom. The fourth-order valence-electron chi connectivity index (χ4n) is 2.27. The van der Waals surface area contributed by atoms with E-state index in [0.29, 0.717) is 5.56 Å². The summed E-state index contributed by atoms with van der Waals surface area (Å²) in [6.45, 7) is 4.08. The van der Waals surface area contributed by atoms with Gasteiger partial charge in [-0.3, -0.25) is 4.79 Å². The lowest BCUT2D eigenvalue weighted by Crippen LogP contribution is -2.31. The van der Waals surface area contributed by atoms with Gasteiger partial charge in [0, 0.05) is 5.56 Å². The number of halogens is 1. The zero-order chi connectivity index (χ0) is 16.1. The van der Waals surface area contributed by atoms with Gasteiger partial charge in [0.25, 0.3) is 5.91 Å². The van der Waals surface area contributed by atoms with Crippen molar-refractivity contribution >= 4 is 5.91 Å². The summed E-state index contributed by atoms with van der Waals surface area (Å²) in [5.74, 6) is 0.426. The molecular weight excluding hydrogens is 281 g/mol. The number of methoxy groups -OCH3 is 1. The van der Waals surface area contributed by atoms with Gasteiger partial charge in [0.15, 0.2) is 0 Å². The van der Waals surface area contributed by atoms with E-state index in [4.69, 9.17) is 4.74 Å². The number of nitrogens with one attached hydrogen (secondary N) is 1. The molecule has 2 aromatic rings. The van der Waals surface area contributed by atoms with E-state index in [2.05, 4.69) is 5.32 Å². The minimum absolute atomic E-state index is 0.122. The molecular formula is C18H20FNO2. The van der Waals surface area contributed by atoms with Crippen LogP contribution in [-0.4, -0.2) is 13.0 Å². The number of benzene rings is 2. The van der Waals surface area contributed by atoms with Crippen LogP contribution in [0.3, 0.4) is 0 Å². The van der Waals surface area contributed by atoms with Gasteiger partial charge in [-0.25, -0.2) is 4.39 Å². The predicted octanol–water partition coefficient (Wildman–Crippen LogP) is 3.96. The van der Waals surface area contributed by atoms with Crippen LogP contribution >= 0.6 is 0 Å². The molecule has 3 nitrogen and oxygen atoms in total. The number of carbonyl (C=O) groups excluding carboxylic acids is 1. The molecule has 0 aromatic heterocycles. The van der Waals surface area contributed by atoms with E-state index in [1.807, 2.05) is 38.1 Å². The molecule has 1 amide bonds. The number of ether oxygens (including phenoxy) is 1. The molecule has 0 aliphatic carbocycles. The smallest absolute Gasteiger partial charge is 0.251 e. The second kappa shape index (κ2) is 7.07. The van der Waals surface area contributed by atoms with Crippen molar-refractivity contribution in [3.63, 3.8) is 0 Å². The van der Waals surface area contributed by atoms with E-state index in [-0.39, 0.29) is 23.7 Å². The monoisotopic (exact) mass is 301 g/mol. The lowest BCUT2D eigenvalue weighted by atomic mass is 9.95. The zero-order valence-electron chi connectivity index (χ0n) is 13.0. The summed E-state index contributed by atoms with van der Waals surface area (Å²) in [7, 11) is 1.62. The molecule has 0 radical (unpaired) electrons. The number of hydrogen-bond donors (Lipinski definition) is 1. The second-order valence-electron chi connectivity index (χ2n) is 5.48. The van der Waals surface area contributed by atoms with Crippen LogP contribution in [0.25, 0.3) is 0 Å². The summed E-state index contributed by atoms with van der Waals surface area (Å²) in [6.07, 6.45) is 0. The van der Waals surface area contributed by atoms with Crippen LogP contribution in [0.5, 0.6) is 5.75 Å². The summed E-state index contributed by atoms with van der Waals surface area (Å²) in [5, 5.41) is 3.00. The van der Waals surface area contributed by atoms with Crippen LogP contribution in [-0.2, 0) is 0 Å². The van der Waals surface area contributed by atoms with E-state index in [1.54, 1.807) is 7.11 Å². The maximum Gasteiger partial charge on any atom is 0.251 e. The van der Waals surface area contributed by atoms with E-state index < -0.39 is 0 Å². The minimum atomic E-state index is -0.355. The SMILES string of the molecule is COc1ccc([C@H](NC(=O)c2ccc(F)cc2)C(C)C)cc1. The molecule has 22 heavy (non-hydrogen) atoms. The Labute approximate surface area is 130 Å². The van der Waals surface area contributed by atoms with Gasteiger partial charge in [0.2, 0.25) is 0 Å². The van der Waals surface area contributed by atoms with Gasteiger partial charge >= 0.3 is 0 Å². The van der Waals surface area contributed by atoms with Crippen molar-refractivity contribution in [3.8, 4) is 5.75 Å². The first-order valence-corrected chi connectivity index (χ1v) is 7.21. The first kappa shape index (κ1) is 16.0. The van der Waals surface area contributed by atoms with Gasteiger partial charge in [-0.05, 0) is 47.9 Å². The highest BCUT2D eigenvalue weighted by molar-refractivity contribution is 5.94. The summed E-state index contributed by atoms with van der Waals surface area (Å²) < 4.78 is 18.1. The largest absolute Gasteiger partial charge is 0.497 e. The van der Waals surface area contributed by atoms with Gasteiger partial charge in [0.1, 0.15) is 11.6 Å². The fourth-order valence-corrected chi connectivity index (χ4v) is 2.27. The van der Waals surface area contributed by atoms with Gasteiger partial charge < -0.3 is 10.1 Å². The molecule has 1 N–H and O–H groups in total. The standard InChI is InChI=1S/C18H20FNO2/c1-12(2)17(13-6-10-16(22-3)11-7-13)20-18(21)14-4-8-15(19)9-5-14/h4-12,17H,1-3H3,(H,20,21)/t17-/m1/s1. The van der Waals surface area contributed by atoms with Crippen molar-refractivity contribution in [2.75, 3.05) is 7.11 Å². The molecule has 0 bridgehead atoms. The normalized spacial score (nSPS) is 12.0. The number of amides is 1. The first-order valence-electron chi connectivity index (χ1n) is 7.21. The Bertz CT molecular complexity index is 621. The molecule has 116 valence electrons. The minimum Gasteiger partial charge on any atom is -0.497 e. The molecule has 0 fully saturated rings. The van der Waals surface area contributed by atoms with Gasteiger partial charge in [-0.1, -0.05) is 26.0 Å². The summed E-state index contributed by atoms with van der Waals surface area (Å²) in [4.78, 5) is 12.3. The number of rotatable bonds is 5. The lowest BCUT2D eigenvalue weighted by Gasteiger charge is -2.23. The maximum atomic E-state index is 12.9. The zero-order valence-corrected chi connectivity index (χ0v) is 13.0. The quantitative estimate of drug-likeness (QED) is 0.907. The topological polar surface area (TPSA) is 38.3 Å². The molecule has 0 spiro atoms. The van der Waals surface area contributed by atoms with Crippen molar-refractivity contribution in [2.24, 2.45) is 5.92 Å². The van der Waals surface area contributed by atoms with Gasteiger partial charge in [0.05, 0.1) is 13.2 Å². The molecule has 0 aliphatic heterocycles. The number of carbonyl (C=O) groups is 1. The lowest BCUT2D eigenvalue weighted by molar-refractivity contribution is 0.0925. The van der Waals surface area contributed by atoms with Crippen LogP contribution in [0.15, 0.2) is 48.5 Å². The molecule has 1 atom stereocenters. The summed E-state index contributed by atoms with van der Waals surface area (Å²) >= 11 is 0. The highest BCUT2D eigenvalue weighted by Gasteiger charge is 2.19. The maximum absolute atomic E-state index is 12.9. The van der Waals surface area contributed by atoms with Crippen molar-refractivity contribution in [3.05, 3.63) is 65.5 Å². The predicted molar refractivity (Wildman–Crippen MR) is 84.4 cm³/mol. The van der Waals surface area contributed by atoms with Crippen LogP contribution < -0.4 is 10.1 Å². The van der Waals surface area contributed by atoms with Crippen molar-refractivity contribution < 1.29 is 13.9 Å². The molecule has 4 heteroatoms. The van der Waals surface area contributed by atoms with E-state index in [9.17, 15) is 9.18 Å². The molecule has 0 heterocycles. The highest BCUT2D eigenvalue weighted by atomic mass is 19.1. The van der Waals surface area contributed by atoms with E-state index in [0.717, 1.165) is 11.3 Å². The average Bonchev–Trinajstić information content (AvgIpc) is 2.53. The van der Waals surface area contributed by atoms with Crippen molar-refractivity contribution in [2.45, 2.75) is 19.9 Å². The summed E-state index contributed by atoms with van der Waals surface area (Å²) in [5.41, 5.74) is 1.45. The molecule has 0 saturated heterocycles. The second-order valence-corrected chi connectivity index (χ2v) is 5.48. The van der Waals surface area contributed by atoms with Gasteiger partial charge in [-0.15, -0.1) is 0 Å². The van der Waals surface area contributed by atoms with Gasteiger partial charge in [-0.2, -0.15) is 0 Å². The third kappa shape index (κ3) is 3.85. The fraction of sp³-hybridized carbons (Fsp3) is 0.278. The van der Waals surface area contributed by atoms with Crippen LogP contribution in [0.4, 0.5) is 4.39 Å². The number of hydrogen-bond acceptors (Lipinski definition) is 2. The van der Waals surface area contributed by atoms with E-state index >= 15 is 0 Å². The Balaban J connectivity index is 2.17. The molecule has 0 saturated carbocycles. The molecule has 2 rings (SSSR count). The Hall–Kier alpha value is -2.36. The molecule has 0 aliphatic rings. The highest BCUT2D eigenvalue weighted by Crippen LogP contribution is 2.24. The van der Waals surface area contributed by atoms with Crippen LogP contribution in [0, 0.1) is 11.7 Å². The molecule has 2 aromatic carbocycles. The van der Waals surface area contributed by atoms with Crippen molar-refractivity contribution in [1.29, 1.82) is 0 Å². The van der Waals surface area contributed by atoms with E-state index in [1.165, 1.54) is 24.3 Å². The Kier molecular flexibility index (Phi) is 5.15. The third-order valence-corrected chi connectivity index (χ3v) is 3.53. The third-order valence-electron chi connectivity index (χ3n) is 3.53. The van der Waals surface area contributed by atoms with Crippen molar-refractivity contribution in [1.82, 2.24) is 5.32 Å². The average molecular weight is 301 g/mol.